The van der Waals surface area contributed by atoms with Crippen LogP contribution < -0.4 is 0 Å². The zero-order chi connectivity index (χ0) is 26.3. The number of nitrogens with zero attached hydrogens (tertiary/aromatic N) is 6. The molecule has 196 valence electrons. The van der Waals surface area contributed by atoms with Crippen molar-refractivity contribution >= 4 is 0 Å². The Kier molecular flexibility index (Phi) is 7.88. The van der Waals surface area contributed by atoms with Gasteiger partial charge in [-0.25, -0.2) is 0 Å². The molecule has 0 saturated heterocycles. The van der Waals surface area contributed by atoms with Gasteiger partial charge in [-0.05, 0) is 37.9 Å². The molecule has 37 heavy (non-hydrogen) atoms. The number of aromatic nitrogens is 6. The zero-order valence-electron chi connectivity index (χ0n) is 18.9. The third-order valence-corrected chi connectivity index (χ3v) is 5.22. The standard InChI is InChI=1S/C23H15F7N6.Pt/c1-21(2,16-7-4-8-19(33-16)36-10-9-17(35-36)22(25,26)27)15-6-3-5-14(32-15)13-12-31-18(11-24)34-20(13)23(28,29)30;/h3-9H,11H2,1-2H3;/q-2;+2. The number of halogens is 7. The van der Waals surface area contributed by atoms with Crippen LogP contribution in [0.25, 0.3) is 17.1 Å². The van der Waals surface area contributed by atoms with Crippen LogP contribution >= 0.6 is 0 Å². The molecule has 6 nitrogen and oxygen atoms in total. The molecule has 0 aromatic carbocycles. The van der Waals surface area contributed by atoms with E-state index in [4.69, 9.17) is 0 Å². The second kappa shape index (κ2) is 10.3. The van der Waals surface area contributed by atoms with Crippen LogP contribution in [0.3, 0.4) is 0 Å². The Morgan fingerprint density at radius 3 is 2.08 bits per heavy atom. The van der Waals surface area contributed by atoms with E-state index in [1.165, 1.54) is 18.2 Å². The molecule has 0 N–H and O–H groups in total. The Morgan fingerprint density at radius 1 is 0.838 bits per heavy atom. The van der Waals surface area contributed by atoms with Crippen LogP contribution in [0.1, 0.15) is 42.4 Å². The van der Waals surface area contributed by atoms with Crippen molar-refractivity contribution in [3.8, 4) is 17.1 Å². The largest absolute Gasteiger partial charge is 2.00 e. The van der Waals surface area contributed by atoms with E-state index in [9.17, 15) is 30.7 Å². The number of hydrogen-bond donors (Lipinski definition) is 0. The second-order valence-corrected chi connectivity index (χ2v) is 8.09. The average molecular weight is 703 g/mol. The maximum Gasteiger partial charge on any atom is 2.00 e. The van der Waals surface area contributed by atoms with Crippen LogP contribution in [0, 0.1) is 12.4 Å². The molecular weight excluding hydrogens is 688 g/mol. The van der Waals surface area contributed by atoms with Gasteiger partial charge in [-0.15, -0.1) is 6.07 Å². The monoisotopic (exact) mass is 703 g/mol. The van der Waals surface area contributed by atoms with Crippen LogP contribution in [0.5, 0.6) is 0 Å². The van der Waals surface area contributed by atoms with Crippen LogP contribution in [-0.4, -0.2) is 29.7 Å². The normalized spacial score (nSPS) is 12.4. The Bertz CT molecular complexity index is 1400. The van der Waals surface area contributed by atoms with E-state index in [0.717, 1.165) is 4.68 Å². The van der Waals surface area contributed by atoms with Gasteiger partial charge in [-0.3, -0.25) is 14.5 Å². The molecule has 4 aromatic heterocycles. The average Bonchev–Trinajstić information content (AvgIpc) is 3.34. The van der Waals surface area contributed by atoms with E-state index in [2.05, 4.69) is 37.4 Å². The molecule has 0 unspecified atom stereocenters. The summed E-state index contributed by atoms with van der Waals surface area (Å²) in [5.41, 5.74) is -3.57. The topological polar surface area (TPSA) is 69.4 Å². The molecular formula is C23H15F7N6Pt. The van der Waals surface area contributed by atoms with Crippen molar-refractivity contribution in [3.05, 3.63) is 83.5 Å². The molecule has 0 atom stereocenters. The Balaban J connectivity index is 0.00000380. The smallest absolute Gasteiger partial charge is 0.343 e. The van der Waals surface area contributed by atoms with Gasteiger partial charge in [0.25, 0.3) is 0 Å². The van der Waals surface area contributed by atoms with E-state index < -0.39 is 47.2 Å². The maximum absolute atomic E-state index is 13.6. The van der Waals surface area contributed by atoms with Gasteiger partial charge in [0.05, 0.1) is 23.0 Å². The van der Waals surface area contributed by atoms with Gasteiger partial charge in [0.2, 0.25) is 0 Å². The van der Waals surface area contributed by atoms with Gasteiger partial charge >= 0.3 is 33.4 Å². The summed E-state index contributed by atoms with van der Waals surface area (Å²) < 4.78 is 93.1. The van der Waals surface area contributed by atoms with Crippen molar-refractivity contribution in [1.29, 1.82) is 0 Å². The molecule has 0 fully saturated rings. The molecule has 0 bridgehead atoms. The van der Waals surface area contributed by atoms with Crippen LogP contribution in [-0.2, 0) is 45.5 Å². The number of alkyl halides is 7. The van der Waals surface area contributed by atoms with Crippen molar-refractivity contribution in [3.63, 3.8) is 0 Å². The van der Waals surface area contributed by atoms with E-state index in [1.54, 1.807) is 32.0 Å². The molecule has 4 heterocycles. The van der Waals surface area contributed by atoms with Crippen molar-refractivity contribution in [2.24, 2.45) is 0 Å². The molecule has 0 spiro atoms. The minimum Gasteiger partial charge on any atom is -0.343 e. The molecule has 0 aliphatic carbocycles. The number of pyridine rings is 2. The van der Waals surface area contributed by atoms with Gasteiger partial charge in [0.1, 0.15) is 6.67 Å². The summed E-state index contributed by atoms with van der Waals surface area (Å²) in [6, 6.07) is 9.60. The van der Waals surface area contributed by atoms with Crippen molar-refractivity contribution in [1.82, 2.24) is 29.7 Å². The van der Waals surface area contributed by atoms with Gasteiger partial charge in [0.15, 0.2) is 0 Å². The van der Waals surface area contributed by atoms with E-state index in [0.29, 0.717) is 17.5 Å². The van der Waals surface area contributed by atoms with Crippen molar-refractivity contribution < 1.29 is 51.8 Å². The van der Waals surface area contributed by atoms with Gasteiger partial charge < -0.3 is 19.6 Å². The fourth-order valence-electron chi connectivity index (χ4n) is 3.31. The van der Waals surface area contributed by atoms with Gasteiger partial charge in [-0.1, -0.05) is 36.0 Å². The molecule has 14 heteroatoms. The molecule has 0 amide bonds. The van der Waals surface area contributed by atoms with Gasteiger partial charge in [-0.2, -0.15) is 26.3 Å². The Labute approximate surface area is 220 Å². The van der Waals surface area contributed by atoms with E-state index in [1.807, 2.05) is 0 Å². The first-order chi connectivity index (χ1) is 16.8. The van der Waals surface area contributed by atoms with Crippen LogP contribution in [0.4, 0.5) is 30.7 Å². The number of hydrogen-bond acceptors (Lipinski definition) is 5. The summed E-state index contributed by atoms with van der Waals surface area (Å²) in [7, 11) is 0. The summed E-state index contributed by atoms with van der Waals surface area (Å²) in [5.74, 6) is -0.609. The summed E-state index contributed by atoms with van der Waals surface area (Å²) in [5, 5.41) is 3.45. The zero-order valence-corrected chi connectivity index (χ0v) is 21.2. The minimum atomic E-state index is -4.91. The van der Waals surface area contributed by atoms with Crippen molar-refractivity contribution in [2.45, 2.75) is 38.3 Å². The molecule has 0 aliphatic heterocycles. The maximum atomic E-state index is 13.6. The molecule has 0 saturated carbocycles. The Hall–Kier alpha value is -3.21. The third-order valence-electron chi connectivity index (χ3n) is 5.22. The fraction of sp³-hybridized carbons (Fsp3) is 0.261. The number of rotatable bonds is 5. The summed E-state index contributed by atoms with van der Waals surface area (Å²) in [4.78, 5) is 15.5. The summed E-state index contributed by atoms with van der Waals surface area (Å²) >= 11 is 0. The molecule has 4 rings (SSSR count). The first-order valence-corrected chi connectivity index (χ1v) is 10.2. The fourth-order valence-corrected chi connectivity index (χ4v) is 3.31. The second-order valence-electron chi connectivity index (χ2n) is 8.09. The molecule has 0 radical (unpaired) electrons. The van der Waals surface area contributed by atoms with E-state index in [-0.39, 0.29) is 32.6 Å². The first-order valence-electron chi connectivity index (χ1n) is 10.2. The van der Waals surface area contributed by atoms with Crippen LogP contribution in [0.2, 0.25) is 0 Å². The minimum absolute atomic E-state index is 0. The summed E-state index contributed by atoms with van der Waals surface area (Å²) in [6.07, 6.45) is -5.01. The van der Waals surface area contributed by atoms with Crippen molar-refractivity contribution in [2.75, 3.05) is 0 Å². The molecule has 0 aliphatic rings. The predicted octanol–water partition coefficient (Wildman–Crippen LogP) is 5.55. The predicted molar refractivity (Wildman–Crippen MR) is 111 cm³/mol. The SMILES string of the molecule is CC(C)(c1cccc(-c2[c-]nc(CF)nc2C(F)(F)F)n1)c1cccc(-n2[c-]cc(C(F)(F)F)n2)n1.[Pt+2]. The van der Waals surface area contributed by atoms with E-state index >= 15 is 0 Å². The Morgan fingerprint density at radius 2 is 1.49 bits per heavy atom. The molecule has 4 aromatic rings. The van der Waals surface area contributed by atoms with Crippen LogP contribution in [0.15, 0.2) is 42.5 Å². The van der Waals surface area contributed by atoms with Gasteiger partial charge in [0, 0.05) is 16.8 Å². The summed E-state index contributed by atoms with van der Waals surface area (Å²) in [6.45, 7) is 2.09. The first kappa shape index (κ1) is 28.4. The quantitative estimate of drug-likeness (QED) is 0.202. The third kappa shape index (κ3) is 5.87.